The number of ether oxygens (including phenoxy) is 1. The zero-order chi connectivity index (χ0) is 19.0. The van der Waals surface area contributed by atoms with Crippen LogP contribution in [-0.4, -0.2) is 47.4 Å². The molecule has 6 nitrogen and oxygen atoms in total. The number of aromatic nitrogens is 3. The molecule has 5 heterocycles. The van der Waals surface area contributed by atoms with Crippen molar-refractivity contribution in [2.75, 3.05) is 37.7 Å². The third kappa shape index (κ3) is 3.11. The van der Waals surface area contributed by atoms with Crippen LogP contribution in [-0.2, 0) is 0 Å². The normalized spacial score (nSPS) is 22.2. The van der Waals surface area contributed by atoms with Gasteiger partial charge in [0.15, 0.2) is 0 Å². The van der Waals surface area contributed by atoms with Crippen LogP contribution in [0.5, 0.6) is 5.75 Å². The zero-order valence-corrected chi connectivity index (χ0v) is 16.4. The van der Waals surface area contributed by atoms with E-state index < -0.39 is 0 Å². The molecule has 2 saturated heterocycles. The molecule has 3 aromatic rings. The van der Waals surface area contributed by atoms with E-state index >= 15 is 0 Å². The number of rotatable bonds is 4. The lowest BCUT2D eigenvalue weighted by Gasteiger charge is -2.33. The van der Waals surface area contributed by atoms with Crippen molar-refractivity contribution in [1.82, 2.24) is 19.9 Å². The molecule has 28 heavy (non-hydrogen) atoms. The Hall–Kier alpha value is -2.60. The standard InChI is InChI=1S/C22H27N5O/c1-2-28-18-12-19(20-6-10-25-27(20)14-18)17-4-5-21(24-13-17)26-11-8-22(16-26)7-3-9-23-15-22/h4-6,10,12-14,23H,2-3,7-9,11,15-16H2,1H3. The molecule has 1 spiro atoms. The first-order valence-electron chi connectivity index (χ1n) is 10.3. The lowest BCUT2D eigenvalue weighted by Crippen LogP contribution is -2.42. The van der Waals surface area contributed by atoms with E-state index in [9.17, 15) is 0 Å². The summed E-state index contributed by atoms with van der Waals surface area (Å²) in [6.07, 6.45) is 9.60. The van der Waals surface area contributed by atoms with Crippen molar-refractivity contribution < 1.29 is 4.74 Å². The minimum absolute atomic E-state index is 0.439. The fraction of sp³-hybridized carbons (Fsp3) is 0.455. The average molecular weight is 377 g/mol. The summed E-state index contributed by atoms with van der Waals surface area (Å²) in [4.78, 5) is 7.26. The smallest absolute Gasteiger partial charge is 0.138 e. The monoisotopic (exact) mass is 377 g/mol. The first-order valence-corrected chi connectivity index (χ1v) is 10.3. The molecule has 1 atom stereocenters. The molecule has 1 unspecified atom stereocenters. The molecule has 0 amide bonds. The summed E-state index contributed by atoms with van der Waals surface area (Å²) in [5.74, 6) is 1.90. The number of fused-ring (bicyclic) bond motifs is 1. The Labute approximate surface area is 165 Å². The van der Waals surface area contributed by atoms with Gasteiger partial charge in [0.05, 0.1) is 24.5 Å². The number of pyridine rings is 2. The first kappa shape index (κ1) is 17.5. The van der Waals surface area contributed by atoms with Crippen LogP contribution in [0.3, 0.4) is 0 Å². The van der Waals surface area contributed by atoms with Gasteiger partial charge in [-0.15, -0.1) is 0 Å². The summed E-state index contributed by atoms with van der Waals surface area (Å²) in [6, 6.07) is 8.43. The lowest BCUT2D eigenvalue weighted by molar-refractivity contribution is 0.239. The van der Waals surface area contributed by atoms with Crippen LogP contribution >= 0.6 is 0 Å². The Morgan fingerprint density at radius 1 is 1.25 bits per heavy atom. The number of hydrogen-bond donors (Lipinski definition) is 1. The molecule has 5 rings (SSSR count). The first-order chi connectivity index (χ1) is 13.8. The van der Waals surface area contributed by atoms with Crippen LogP contribution in [0.15, 0.2) is 42.9 Å². The molecule has 0 radical (unpaired) electrons. The highest BCUT2D eigenvalue weighted by molar-refractivity contribution is 5.81. The van der Waals surface area contributed by atoms with Gasteiger partial charge in [0.2, 0.25) is 0 Å². The molecule has 0 aliphatic carbocycles. The van der Waals surface area contributed by atoms with E-state index in [0.29, 0.717) is 12.0 Å². The van der Waals surface area contributed by atoms with Crippen molar-refractivity contribution in [2.45, 2.75) is 26.2 Å². The van der Waals surface area contributed by atoms with Crippen molar-refractivity contribution in [1.29, 1.82) is 0 Å². The second-order valence-electron chi connectivity index (χ2n) is 8.04. The highest BCUT2D eigenvalue weighted by Crippen LogP contribution is 2.38. The highest BCUT2D eigenvalue weighted by Gasteiger charge is 2.39. The van der Waals surface area contributed by atoms with Crippen LogP contribution < -0.4 is 15.0 Å². The Morgan fingerprint density at radius 3 is 3.00 bits per heavy atom. The number of hydrogen-bond acceptors (Lipinski definition) is 5. The van der Waals surface area contributed by atoms with Gasteiger partial charge in [-0.1, -0.05) is 0 Å². The largest absolute Gasteiger partial charge is 0.492 e. The van der Waals surface area contributed by atoms with E-state index in [4.69, 9.17) is 9.72 Å². The maximum absolute atomic E-state index is 5.72. The Bertz CT molecular complexity index is 959. The van der Waals surface area contributed by atoms with E-state index in [1.54, 1.807) is 0 Å². The van der Waals surface area contributed by atoms with Crippen LogP contribution in [0.2, 0.25) is 0 Å². The van der Waals surface area contributed by atoms with Gasteiger partial charge in [0, 0.05) is 42.4 Å². The molecule has 146 valence electrons. The second-order valence-corrected chi connectivity index (χ2v) is 8.04. The molecule has 6 heteroatoms. The summed E-state index contributed by atoms with van der Waals surface area (Å²) < 4.78 is 7.59. The molecule has 2 fully saturated rings. The number of nitrogens with zero attached hydrogens (tertiary/aromatic N) is 4. The molecular weight excluding hydrogens is 350 g/mol. The Balaban J connectivity index is 1.41. The zero-order valence-electron chi connectivity index (χ0n) is 16.4. The fourth-order valence-corrected chi connectivity index (χ4v) is 4.72. The van der Waals surface area contributed by atoms with Crippen LogP contribution in [0.25, 0.3) is 16.6 Å². The Morgan fingerprint density at radius 2 is 2.21 bits per heavy atom. The summed E-state index contributed by atoms with van der Waals surface area (Å²) in [7, 11) is 0. The van der Waals surface area contributed by atoms with Gasteiger partial charge >= 0.3 is 0 Å². The molecular formula is C22H27N5O. The minimum Gasteiger partial charge on any atom is -0.492 e. The van der Waals surface area contributed by atoms with E-state index in [1.807, 2.05) is 36.1 Å². The van der Waals surface area contributed by atoms with Gasteiger partial charge in [0.1, 0.15) is 11.6 Å². The minimum atomic E-state index is 0.439. The number of nitrogens with one attached hydrogen (secondary N) is 1. The quantitative estimate of drug-likeness (QED) is 0.755. The van der Waals surface area contributed by atoms with Crippen molar-refractivity contribution in [3.8, 4) is 16.9 Å². The maximum Gasteiger partial charge on any atom is 0.138 e. The molecule has 3 aromatic heterocycles. The fourth-order valence-electron chi connectivity index (χ4n) is 4.72. The van der Waals surface area contributed by atoms with E-state index in [1.165, 1.54) is 25.8 Å². The third-order valence-electron chi connectivity index (χ3n) is 6.18. The Kier molecular flexibility index (Phi) is 4.43. The van der Waals surface area contributed by atoms with Crippen LogP contribution in [0, 0.1) is 5.41 Å². The lowest BCUT2D eigenvalue weighted by atomic mass is 9.80. The third-order valence-corrected chi connectivity index (χ3v) is 6.18. The van der Waals surface area contributed by atoms with E-state index in [0.717, 1.165) is 47.8 Å². The summed E-state index contributed by atoms with van der Waals surface area (Å²) in [6.45, 7) is 7.15. The molecule has 0 bridgehead atoms. The van der Waals surface area contributed by atoms with Crippen molar-refractivity contribution in [3.05, 3.63) is 42.9 Å². The molecule has 0 aromatic carbocycles. The SMILES string of the molecule is CCOc1cc(-c2ccc(N3CCC4(CCCNC4)C3)nc2)c2ccnn2c1. The molecule has 0 saturated carbocycles. The summed E-state index contributed by atoms with van der Waals surface area (Å²) in [5.41, 5.74) is 3.68. The van der Waals surface area contributed by atoms with Crippen LogP contribution in [0.1, 0.15) is 26.2 Å². The van der Waals surface area contributed by atoms with Crippen molar-refractivity contribution in [3.63, 3.8) is 0 Å². The van der Waals surface area contributed by atoms with Gasteiger partial charge in [-0.25, -0.2) is 9.50 Å². The highest BCUT2D eigenvalue weighted by atomic mass is 16.5. The number of anilines is 1. The van der Waals surface area contributed by atoms with Crippen LogP contribution in [0.4, 0.5) is 5.82 Å². The molecule has 2 aliphatic heterocycles. The summed E-state index contributed by atoms with van der Waals surface area (Å²) in [5, 5.41) is 7.96. The maximum atomic E-state index is 5.72. The predicted molar refractivity (Wildman–Crippen MR) is 111 cm³/mol. The second kappa shape index (κ2) is 7.09. The average Bonchev–Trinajstić information content (AvgIpc) is 3.36. The molecule has 1 N–H and O–H groups in total. The predicted octanol–water partition coefficient (Wildman–Crippen LogP) is 3.37. The van der Waals surface area contributed by atoms with Crippen molar-refractivity contribution >= 4 is 11.3 Å². The van der Waals surface area contributed by atoms with Gasteiger partial charge in [-0.2, -0.15) is 5.10 Å². The van der Waals surface area contributed by atoms with Gasteiger partial charge in [-0.3, -0.25) is 0 Å². The summed E-state index contributed by atoms with van der Waals surface area (Å²) >= 11 is 0. The van der Waals surface area contributed by atoms with E-state index in [-0.39, 0.29) is 0 Å². The van der Waals surface area contributed by atoms with Crippen molar-refractivity contribution in [2.24, 2.45) is 5.41 Å². The molecule has 2 aliphatic rings. The van der Waals surface area contributed by atoms with E-state index in [2.05, 4.69) is 33.5 Å². The topological polar surface area (TPSA) is 54.7 Å². The van der Waals surface area contributed by atoms with Gasteiger partial charge in [0.25, 0.3) is 0 Å². The van der Waals surface area contributed by atoms with Gasteiger partial charge in [-0.05, 0) is 57.0 Å². The van der Waals surface area contributed by atoms with Gasteiger partial charge < -0.3 is 15.0 Å². The number of piperidine rings is 1.